The summed E-state index contributed by atoms with van der Waals surface area (Å²) in [6.07, 6.45) is 2.39. The van der Waals surface area contributed by atoms with Crippen molar-refractivity contribution in [2.75, 3.05) is 0 Å². The van der Waals surface area contributed by atoms with Crippen molar-refractivity contribution in [2.24, 2.45) is 0 Å². The van der Waals surface area contributed by atoms with Crippen molar-refractivity contribution in [1.29, 1.82) is 0 Å². The normalized spacial score (nSPS) is 15.2. The molecule has 1 aliphatic carbocycles. The zero-order chi connectivity index (χ0) is 15.9. The second-order valence-electron chi connectivity index (χ2n) is 6.54. The van der Waals surface area contributed by atoms with Crippen molar-refractivity contribution in [3.63, 3.8) is 0 Å². The van der Waals surface area contributed by atoms with Gasteiger partial charge in [0.2, 0.25) is 0 Å². The van der Waals surface area contributed by atoms with Crippen LogP contribution in [0.25, 0.3) is 16.5 Å². The highest BCUT2D eigenvalue weighted by Crippen LogP contribution is 2.31. The minimum atomic E-state index is -0.570. The zero-order valence-corrected chi connectivity index (χ0v) is 13.1. The molecule has 0 radical (unpaired) electrons. The third-order valence-electron chi connectivity index (χ3n) is 3.59. The van der Waals surface area contributed by atoms with Crippen molar-refractivity contribution in [1.82, 2.24) is 4.57 Å². The number of carbonyl (C=O) groups excluding carboxylic acids is 2. The topological polar surface area (TPSA) is 48.3 Å². The molecule has 3 rings (SSSR count). The maximum atomic E-state index is 12.6. The van der Waals surface area contributed by atoms with E-state index in [1.807, 2.05) is 51.1 Å². The molecule has 2 aromatic rings. The number of ketones is 1. The van der Waals surface area contributed by atoms with Crippen molar-refractivity contribution in [3.05, 3.63) is 42.1 Å². The van der Waals surface area contributed by atoms with Crippen LogP contribution in [0.5, 0.6) is 0 Å². The van der Waals surface area contributed by atoms with Gasteiger partial charge < -0.3 is 4.74 Å². The molecule has 0 bridgehead atoms. The van der Waals surface area contributed by atoms with Crippen molar-refractivity contribution < 1.29 is 14.3 Å². The van der Waals surface area contributed by atoms with Gasteiger partial charge >= 0.3 is 6.09 Å². The molecule has 0 N–H and O–H groups in total. The van der Waals surface area contributed by atoms with Gasteiger partial charge in [0.05, 0.1) is 11.2 Å². The number of ether oxygens (including phenoxy) is 1. The van der Waals surface area contributed by atoms with E-state index >= 15 is 0 Å². The van der Waals surface area contributed by atoms with Gasteiger partial charge in [-0.05, 0) is 51.0 Å². The number of hydrogen-bond donors (Lipinski definition) is 0. The summed E-state index contributed by atoms with van der Waals surface area (Å²) in [5.41, 5.74) is 1.87. The molecule has 114 valence electrons. The van der Waals surface area contributed by atoms with Crippen molar-refractivity contribution in [3.8, 4) is 0 Å². The largest absolute Gasteiger partial charge is 0.443 e. The highest BCUT2D eigenvalue weighted by atomic mass is 16.6. The number of aromatic nitrogens is 1. The fraction of sp³-hybridized carbons (Fsp3) is 0.333. The standard InChI is InChI=1S/C18H19NO3/c1-18(2,3)22-17(21)19-15-7-5-4-6-12(15)11-16(19)13-8-9-14(20)10-13/h4-7,10-11H,8-9H2,1-3H3. The van der Waals surface area contributed by atoms with Crippen molar-refractivity contribution >= 4 is 28.4 Å². The highest BCUT2D eigenvalue weighted by Gasteiger charge is 2.25. The SMILES string of the molecule is CC(C)(C)OC(=O)n1c(C2=CC(=O)CC2)cc2ccccc21. The monoisotopic (exact) mass is 297 g/mol. The Labute approximate surface area is 129 Å². The second-order valence-corrected chi connectivity index (χ2v) is 6.54. The Morgan fingerprint density at radius 1 is 1.18 bits per heavy atom. The fourth-order valence-corrected chi connectivity index (χ4v) is 2.69. The molecule has 1 heterocycles. The van der Waals surface area contributed by atoms with Crippen LogP contribution in [-0.2, 0) is 9.53 Å². The molecule has 0 saturated heterocycles. The van der Waals surface area contributed by atoms with Crippen LogP contribution in [0, 0.1) is 0 Å². The van der Waals surface area contributed by atoms with E-state index in [-0.39, 0.29) is 5.78 Å². The van der Waals surface area contributed by atoms with Crippen LogP contribution in [0.3, 0.4) is 0 Å². The number of hydrogen-bond acceptors (Lipinski definition) is 3. The van der Waals surface area contributed by atoms with Crippen LogP contribution < -0.4 is 0 Å². The minimum absolute atomic E-state index is 0.107. The average Bonchev–Trinajstić information content (AvgIpc) is 2.99. The third kappa shape index (κ3) is 2.69. The zero-order valence-electron chi connectivity index (χ0n) is 13.1. The van der Waals surface area contributed by atoms with Crippen LogP contribution in [0.2, 0.25) is 0 Å². The molecule has 1 aliphatic rings. The molecule has 22 heavy (non-hydrogen) atoms. The van der Waals surface area contributed by atoms with Crippen LogP contribution in [0.15, 0.2) is 36.4 Å². The summed E-state index contributed by atoms with van der Waals surface area (Å²) in [5.74, 6) is 0.107. The summed E-state index contributed by atoms with van der Waals surface area (Å²) in [6.45, 7) is 5.53. The highest BCUT2D eigenvalue weighted by molar-refractivity contribution is 6.04. The van der Waals surface area contributed by atoms with Gasteiger partial charge in [0, 0.05) is 11.8 Å². The van der Waals surface area contributed by atoms with Crippen LogP contribution >= 0.6 is 0 Å². The summed E-state index contributed by atoms with van der Waals surface area (Å²) in [6, 6.07) is 9.61. The number of carbonyl (C=O) groups is 2. The second kappa shape index (κ2) is 5.13. The first-order valence-electron chi connectivity index (χ1n) is 7.43. The van der Waals surface area contributed by atoms with E-state index in [0.717, 1.165) is 22.2 Å². The Hall–Kier alpha value is -2.36. The maximum absolute atomic E-state index is 12.6. The summed E-state index contributed by atoms with van der Waals surface area (Å²) in [5, 5.41) is 0.962. The lowest BCUT2D eigenvalue weighted by atomic mass is 10.1. The Balaban J connectivity index is 2.15. The summed E-state index contributed by atoms with van der Waals surface area (Å²) in [7, 11) is 0. The maximum Gasteiger partial charge on any atom is 0.419 e. The van der Waals surface area contributed by atoms with E-state index < -0.39 is 11.7 Å². The van der Waals surface area contributed by atoms with Gasteiger partial charge in [0.25, 0.3) is 0 Å². The predicted octanol–water partition coefficient (Wildman–Crippen LogP) is 4.17. The molecule has 0 amide bonds. The van der Waals surface area contributed by atoms with Gasteiger partial charge in [-0.3, -0.25) is 4.79 Å². The van der Waals surface area contributed by atoms with Crippen molar-refractivity contribution in [2.45, 2.75) is 39.2 Å². The molecule has 0 atom stereocenters. The number of nitrogens with zero attached hydrogens (tertiary/aromatic N) is 1. The average molecular weight is 297 g/mol. The lowest BCUT2D eigenvalue weighted by molar-refractivity contribution is -0.114. The third-order valence-corrected chi connectivity index (χ3v) is 3.59. The first-order chi connectivity index (χ1) is 10.3. The molecular formula is C18H19NO3. The Bertz CT molecular complexity index is 790. The molecular weight excluding hydrogens is 278 g/mol. The quantitative estimate of drug-likeness (QED) is 0.793. The number of allylic oxidation sites excluding steroid dienone is 2. The lowest BCUT2D eigenvalue weighted by Crippen LogP contribution is -2.27. The number of benzene rings is 1. The van der Waals surface area contributed by atoms with Gasteiger partial charge in [-0.15, -0.1) is 0 Å². The van der Waals surface area contributed by atoms with Gasteiger partial charge in [-0.1, -0.05) is 18.2 Å². The van der Waals surface area contributed by atoms with Crippen LogP contribution in [0.4, 0.5) is 4.79 Å². The molecule has 0 fully saturated rings. The Kier molecular flexibility index (Phi) is 3.39. The molecule has 4 heteroatoms. The Morgan fingerprint density at radius 3 is 2.55 bits per heavy atom. The number of para-hydroxylation sites is 1. The minimum Gasteiger partial charge on any atom is -0.443 e. The molecule has 4 nitrogen and oxygen atoms in total. The van der Waals surface area contributed by atoms with E-state index in [1.54, 1.807) is 10.6 Å². The lowest BCUT2D eigenvalue weighted by Gasteiger charge is -2.21. The first-order valence-corrected chi connectivity index (χ1v) is 7.43. The summed E-state index contributed by atoms with van der Waals surface area (Å²) < 4.78 is 7.10. The van der Waals surface area contributed by atoms with Gasteiger partial charge in [0.1, 0.15) is 5.60 Å². The predicted molar refractivity (Wildman–Crippen MR) is 85.8 cm³/mol. The van der Waals surface area contributed by atoms with Gasteiger partial charge in [-0.25, -0.2) is 9.36 Å². The van der Waals surface area contributed by atoms with Gasteiger partial charge in [0.15, 0.2) is 5.78 Å². The molecule has 1 aromatic heterocycles. The fourth-order valence-electron chi connectivity index (χ4n) is 2.69. The van der Waals surface area contributed by atoms with E-state index in [2.05, 4.69) is 0 Å². The van der Waals surface area contributed by atoms with Crippen LogP contribution in [0.1, 0.15) is 39.3 Å². The summed E-state index contributed by atoms with van der Waals surface area (Å²) in [4.78, 5) is 24.2. The molecule has 0 saturated carbocycles. The van der Waals surface area contributed by atoms with E-state index in [1.165, 1.54) is 0 Å². The number of fused-ring (bicyclic) bond motifs is 1. The van der Waals surface area contributed by atoms with Gasteiger partial charge in [-0.2, -0.15) is 0 Å². The van der Waals surface area contributed by atoms with E-state index in [4.69, 9.17) is 4.74 Å². The van der Waals surface area contributed by atoms with Crippen LogP contribution in [-0.4, -0.2) is 22.0 Å². The molecule has 0 spiro atoms. The molecule has 0 aliphatic heterocycles. The number of rotatable bonds is 1. The molecule has 1 aromatic carbocycles. The Morgan fingerprint density at radius 2 is 1.91 bits per heavy atom. The molecule has 0 unspecified atom stereocenters. The summed E-state index contributed by atoms with van der Waals surface area (Å²) >= 11 is 0. The van der Waals surface area contributed by atoms with E-state index in [9.17, 15) is 9.59 Å². The first kappa shape index (κ1) is 14.6. The van der Waals surface area contributed by atoms with E-state index in [0.29, 0.717) is 12.8 Å². The smallest absolute Gasteiger partial charge is 0.419 e.